The highest BCUT2D eigenvalue weighted by Gasteiger charge is 2.13. The Morgan fingerprint density at radius 1 is 1.19 bits per heavy atom. The Morgan fingerprint density at radius 2 is 2.00 bits per heavy atom. The molecule has 0 radical (unpaired) electrons. The lowest BCUT2D eigenvalue weighted by atomic mass is 10.2. The average molecular weight is 563 g/mol. The number of hydrogen-bond acceptors (Lipinski definition) is 5. The number of nitrogens with zero attached hydrogens (tertiary/aromatic N) is 3. The number of rotatable bonds is 10. The Labute approximate surface area is 204 Å². The number of benzene rings is 2. The number of ether oxygens (including phenoxy) is 2. The van der Waals surface area contributed by atoms with Gasteiger partial charge in [0.2, 0.25) is 0 Å². The fraction of sp³-hybridized carbons (Fsp3) is 0.292. The van der Waals surface area contributed by atoms with Gasteiger partial charge in [-0.1, -0.05) is 41.9 Å². The van der Waals surface area contributed by atoms with Crippen molar-refractivity contribution in [3.05, 3.63) is 73.7 Å². The Bertz CT molecular complexity index is 1210. The first-order valence-electron chi connectivity index (χ1n) is 10.4. The van der Waals surface area contributed by atoms with E-state index >= 15 is 0 Å². The highest BCUT2D eigenvalue weighted by atomic mass is 79.9. The van der Waals surface area contributed by atoms with Crippen LogP contribution in [0.1, 0.15) is 38.1 Å². The van der Waals surface area contributed by atoms with Crippen LogP contribution in [0.5, 0.6) is 11.5 Å². The third kappa shape index (κ3) is 5.66. The summed E-state index contributed by atoms with van der Waals surface area (Å²) in [5.74, 6) is 1.82. The lowest BCUT2D eigenvalue weighted by molar-refractivity contribution is 0.295. The second-order valence-corrected chi connectivity index (χ2v) is 8.79. The molecule has 0 unspecified atom stereocenters. The smallest absolute Gasteiger partial charge is 0.282 e. The van der Waals surface area contributed by atoms with Gasteiger partial charge in [0.1, 0.15) is 12.4 Å². The minimum absolute atomic E-state index is 0.200. The van der Waals surface area contributed by atoms with Crippen LogP contribution < -0.4 is 15.0 Å². The molecular formula is C24H25Br2N3O3. The molecule has 6 nitrogen and oxygen atoms in total. The van der Waals surface area contributed by atoms with Gasteiger partial charge in [-0.15, -0.1) is 0 Å². The Hall–Kier alpha value is -2.45. The van der Waals surface area contributed by atoms with Gasteiger partial charge >= 0.3 is 0 Å². The topological polar surface area (TPSA) is 65.7 Å². The van der Waals surface area contributed by atoms with Crippen molar-refractivity contribution in [1.29, 1.82) is 0 Å². The first kappa shape index (κ1) is 24.2. The van der Waals surface area contributed by atoms with E-state index in [4.69, 9.17) is 14.5 Å². The molecule has 0 spiro atoms. The van der Waals surface area contributed by atoms with E-state index in [0.717, 1.165) is 27.4 Å². The molecule has 3 rings (SSSR count). The van der Waals surface area contributed by atoms with Crippen LogP contribution in [0.2, 0.25) is 0 Å². The predicted octanol–water partition coefficient (Wildman–Crippen LogP) is 6.11. The molecule has 32 heavy (non-hydrogen) atoms. The van der Waals surface area contributed by atoms with Gasteiger partial charge in [0.15, 0.2) is 11.5 Å². The molecule has 168 valence electrons. The van der Waals surface area contributed by atoms with Gasteiger partial charge in [-0.25, -0.2) is 4.98 Å². The SMILES string of the molecule is C=CCOc1c(Br)cc(C=Nn2c(CCCC)nc3ccc(Br)cc3c2=O)cc1OCC. The molecule has 1 heterocycles. The Balaban J connectivity index is 2.07. The average Bonchev–Trinajstić information content (AvgIpc) is 2.77. The highest BCUT2D eigenvalue weighted by Crippen LogP contribution is 2.36. The Kier molecular flexibility index (Phi) is 8.64. The molecule has 0 atom stereocenters. The van der Waals surface area contributed by atoms with Crippen molar-refractivity contribution < 1.29 is 9.47 Å². The zero-order chi connectivity index (χ0) is 23.1. The van der Waals surface area contributed by atoms with Gasteiger partial charge < -0.3 is 9.47 Å². The monoisotopic (exact) mass is 561 g/mol. The maximum absolute atomic E-state index is 13.2. The van der Waals surface area contributed by atoms with Crippen molar-refractivity contribution in [2.45, 2.75) is 33.1 Å². The quantitative estimate of drug-likeness (QED) is 0.221. The van der Waals surface area contributed by atoms with Gasteiger partial charge in [-0.2, -0.15) is 9.78 Å². The summed E-state index contributed by atoms with van der Waals surface area (Å²) in [7, 11) is 0. The highest BCUT2D eigenvalue weighted by molar-refractivity contribution is 9.10. The fourth-order valence-electron chi connectivity index (χ4n) is 3.14. The molecule has 0 amide bonds. The second kappa shape index (κ2) is 11.4. The molecule has 0 bridgehead atoms. The summed E-state index contributed by atoms with van der Waals surface area (Å²) in [6, 6.07) is 9.20. The van der Waals surface area contributed by atoms with Crippen LogP contribution in [-0.2, 0) is 6.42 Å². The standard InChI is InChI=1S/C24H25Br2N3O3/c1-4-7-8-22-28-20-10-9-17(25)14-18(20)24(30)29(22)27-15-16-12-19(26)23(32-11-5-2)21(13-16)31-6-3/h5,9-10,12-15H,2,4,6-8,11H2,1,3H3. The molecule has 8 heteroatoms. The van der Waals surface area contributed by atoms with E-state index in [2.05, 4.69) is 50.5 Å². The number of fused-ring (bicyclic) bond motifs is 1. The molecule has 1 aromatic heterocycles. The summed E-state index contributed by atoms with van der Waals surface area (Å²) in [6.45, 7) is 8.54. The van der Waals surface area contributed by atoms with Crippen LogP contribution in [0.3, 0.4) is 0 Å². The largest absolute Gasteiger partial charge is 0.490 e. The van der Waals surface area contributed by atoms with E-state index in [0.29, 0.717) is 47.9 Å². The third-order valence-corrected chi connectivity index (χ3v) is 5.71. The summed E-state index contributed by atoms with van der Waals surface area (Å²) in [5.41, 5.74) is 1.23. The van der Waals surface area contributed by atoms with Crippen molar-refractivity contribution in [1.82, 2.24) is 9.66 Å². The summed E-state index contributed by atoms with van der Waals surface area (Å²) >= 11 is 6.97. The molecule has 0 saturated carbocycles. The van der Waals surface area contributed by atoms with Crippen LogP contribution in [0.25, 0.3) is 10.9 Å². The molecular weight excluding hydrogens is 538 g/mol. The maximum atomic E-state index is 13.2. The van der Waals surface area contributed by atoms with E-state index in [1.807, 2.05) is 31.2 Å². The molecule has 2 aromatic carbocycles. The minimum atomic E-state index is -0.200. The van der Waals surface area contributed by atoms with E-state index in [-0.39, 0.29) is 5.56 Å². The fourth-order valence-corrected chi connectivity index (χ4v) is 4.08. The summed E-state index contributed by atoms with van der Waals surface area (Å²) in [4.78, 5) is 17.9. The molecule has 0 aliphatic heterocycles. The van der Waals surface area contributed by atoms with Gasteiger partial charge in [-0.3, -0.25) is 4.79 Å². The number of aromatic nitrogens is 2. The number of unbranched alkanes of at least 4 members (excludes halogenated alkanes) is 1. The molecule has 0 aliphatic rings. The van der Waals surface area contributed by atoms with Crippen LogP contribution in [0.4, 0.5) is 0 Å². The number of hydrogen-bond donors (Lipinski definition) is 0. The van der Waals surface area contributed by atoms with E-state index < -0.39 is 0 Å². The first-order chi connectivity index (χ1) is 15.5. The second-order valence-electron chi connectivity index (χ2n) is 7.02. The molecule has 0 N–H and O–H groups in total. The van der Waals surface area contributed by atoms with Crippen LogP contribution in [-0.4, -0.2) is 29.1 Å². The Morgan fingerprint density at radius 3 is 2.72 bits per heavy atom. The zero-order valence-corrected chi connectivity index (χ0v) is 21.3. The van der Waals surface area contributed by atoms with Crippen molar-refractivity contribution in [2.75, 3.05) is 13.2 Å². The van der Waals surface area contributed by atoms with Gasteiger partial charge in [-0.05, 0) is 65.2 Å². The van der Waals surface area contributed by atoms with Gasteiger partial charge in [0.25, 0.3) is 5.56 Å². The van der Waals surface area contributed by atoms with Crippen molar-refractivity contribution in [3.8, 4) is 11.5 Å². The molecule has 0 fully saturated rings. The molecule has 0 saturated heterocycles. The lowest BCUT2D eigenvalue weighted by Crippen LogP contribution is -2.22. The number of aryl methyl sites for hydroxylation is 1. The maximum Gasteiger partial charge on any atom is 0.282 e. The predicted molar refractivity (Wildman–Crippen MR) is 136 cm³/mol. The van der Waals surface area contributed by atoms with Crippen molar-refractivity contribution in [3.63, 3.8) is 0 Å². The summed E-state index contributed by atoms with van der Waals surface area (Å²) < 4.78 is 14.4. The van der Waals surface area contributed by atoms with Crippen molar-refractivity contribution in [2.24, 2.45) is 5.10 Å². The molecule has 3 aromatic rings. The van der Waals surface area contributed by atoms with Gasteiger partial charge in [0, 0.05) is 10.9 Å². The minimum Gasteiger partial charge on any atom is -0.490 e. The van der Waals surface area contributed by atoms with E-state index in [9.17, 15) is 4.79 Å². The van der Waals surface area contributed by atoms with Crippen LogP contribution in [0.15, 0.2) is 61.8 Å². The van der Waals surface area contributed by atoms with Crippen LogP contribution in [0, 0.1) is 0 Å². The van der Waals surface area contributed by atoms with E-state index in [1.165, 1.54) is 4.68 Å². The first-order valence-corrected chi connectivity index (χ1v) is 12.0. The zero-order valence-electron chi connectivity index (χ0n) is 18.1. The number of halogens is 2. The van der Waals surface area contributed by atoms with E-state index in [1.54, 1.807) is 18.4 Å². The normalized spacial score (nSPS) is 11.2. The summed E-state index contributed by atoms with van der Waals surface area (Å²) in [5, 5.41) is 5.03. The third-order valence-electron chi connectivity index (χ3n) is 4.63. The van der Waals surface area contributed by atoms with Crippen LogP contribution >= 0.6 is 31.9 Å². The van der Waals surface area contributed by atoms with Gasteiger partial charge in [0.05, 0.1) is 28.2 Å². The lowest BCUT2D eigenvalue weighted by Gasteiger charge is -2.13. The summed E-state index contributed by atoms with van der Waals surface area (Å²) in [6.07, 6.45) is 5.88. The molecule has 0 aliphatic carbocycles. The van der Waals surface area contributed by atoms with Crippen molar-refractivity contribution >= 4 is 49.0 Å².